The third-order valence-corrected chi connectivity index (χ3v) is 3.21. The largest absolute Gasteiger partial charge is 0.394 e. The lowest BCUT2D eigenvalue weighted by atomic mass is 10.1. The second kappa shape index (κ2) is 8.41. The molecule has 0 spiro atoms. The molecule has 0 aliphatic heterocycles. The van der Waals surface area contributed by atoms with Crippen LogP contribution in [-0.4, -0.2) is 32.5 Å². The Bertz CT molecular complexity index is 926. The quantitative estimate of drug-likeness (QED) is 0.364. The zero-order chi connectivity index (χ0) is 17.4. The summed E-state index contributed by atoms with van der Waals surface area (Å²) in [5.41, 5.74) is 3.75. The molecule has 24 heavy (non-hydrogen) atoms. The molecule has 9 heteroatoms. The van der Waals surface area contributed by atoms with Crippen molar-refractivity contribution in [1.82, 2.24) is 15.0 Å². The maximum atomic E-state index is 8.74. The highest BCUT2D eigenvalue weighted by molar-refractivity contribution is 7.79. The minimum atomic E-state index is -4.67. The molecule has 3 aromatic heterocycles. The molecule has 1 aromatic carbocycles. The van der Waals surface area contributed by atoms with Crippen molar-refractivity contribution in [2.75, 3.05) is 0 Å². The van der Waals surface area contributed by atoms with Crippen LogP contribution in [0.5, 0.6) is 0 Å². The molecule has 0 bridgehead atoms. The Morgan fingerprint density at radius 3 is 1.67 bits per heavy atom. The van der Waals surface area contributed by atoms with Gasteiger partial charge in [-0.3, -0.25) is 24.1 Å². The number of thiazole rings is 1. The number of aromatic nitrogens is 3. The van der Waals surface area contributed by atoms with E-state index in [1.54, 1.807) is 35.4 Å². The highest BCUT2D eigenvalue weighted by Crippen LogP contribution is 2.20. The summed E-state index contributed by atoms with van der Waals surface area (Å²) in [5.74, 6) is 0. The molecule has 0 aliphatic rings. The van der Waals surface area contributed by atoms with Crippen LogP contribution in [0.15, 0.2) is 65.9 Å². The minimum Gasteiger partial charge on any atom is -0.264 e. The van der Waals surface area contributed by atoms with Crippen LogP contribution < -0.4 is 0 Å². The third-order valence-electron chi connectivity index (χ3n) is 2.69. The van der Waals surface area contributed by atoms with Crippen LogP contribution in [0.4, 0.5) is 0 Å². The molecular weight excluding hydrogens is 350 g/mol. The number of fused-ring (bicyclic) bond motifs is 3. The van der Waals surface area contributed by atoms with Gasteiger partial charge in [-0.2, -0.15) is 8.42 Å². The van der Waals surface area contributed by atoms with Gasteiger partial charge in [0, 0.05) is 34.7 Å². The van der Waals surface area contributed by atoms with Crippen molar-refractivity contribution in [2.24, 2.45) is 0 Å². The fourth-order valence-corrected chi connectivity index (χ4v) is 2.21. The van der Waals surface area contributed by atoms with Crippen molar-refractivity contribution in [2.45, 2.75) is 0 Å². The molecular formula is C15H13N3O4S2. The van der Waals surface area contributed by atoms with Gasteiger partial charge in [-0.25, -0.2) is 0 Å². The number of nitrogens with zero attached hydrogens (tertiary/aromatic N) is 3. The zero-order valence-electron chi connectivity index (χ0n) is 12.2. The maximum Gasteiger partial charge on any atom is 0.394 e. The van der Waals surface area contributed by atoms with E-state index in [4.69, 9.17) is 17.5 Å². The van der Waals surface area contributed by atoms with Gasteiger partial charge in [0.15, 0.2) is 0 Å². The first-order valence-corrected chi connectivity index (χ1v) is 8.89. The number of hydrogen-bond donors (Lipinski definition) is 2. The van der Waals surface area contributed by atoms with Crippen molar-refractivity contribution in [3.05, 3.63) is 65.9 Å². The summed E-state index contributed by atoms with van der Waals surface area (Å²) in [4.78, 5) is 12.4. The molecule has 4 rings (SSSR count). The van der Waals surface area contributed by atoms with Gasteiger partial charge < -0.3 is 0 Å². The van der Waals surface area contributed by atoms with Gasteiger partial charge in [0.1, 0.15) is 0 Å². The second-order valence-electron chi connectivity index (χ2n) is 4.34. The second-order valence-corrected chi connectivity index (χ2v) is 5.99. The van der Waals surface area contributed by atoms with Crippen molar-refractivity contribution in [3.8, 4) is 0 Å². The smallest absolute Gasteiger partial charge is 0.264 e. The van der Waals surface area contributed by atoms with Gasteiger partial charge in [0.05, 0.1) is 16.5 Å². The normalized spacial score (nSPS) is 10.4. The molecule has 0 amide bonds. The van der Waals surface area contributed by atoms with Crippen LogP contribution in [0, 0.1) is 0 Å². The first kappa shape index (κ1) is 17.9. The Kier molecular flexibility index (Phi) is 6.27. The van der Waals surface area contributed by atoms with E-state index < -0.39 is 10.4 Å². The third kappa shape index (κ3) is 5.97. The summed E-state index contributed by atoms with van der Waals surface area (Å²) in [6, 6.07) is 12.1. The van der Waals surface area contributed by atoms with Crippen LogP contribution in [0.3, 0.4) is 0 Å². The Morgan fingerprint density at radius 2 is 1.33 bits per heavy atom. The zero-order valence-corrected chi connectivity index (χ0v) is 13.9. The minimum absolute atomic E-state index is 0.977. The van der Waals surface area contributed by atoms with Crippen LogP contribution in [0.1, 0.15) is 0 Å². The highest BCUT2D eigenvalue weighted by atomic mass is 32.3. The van der Waals surface area contributed by atoms with Gasteiger partial charge in [-0.15, -0.1) is 11.3 Å². The summed E-state index contributed by atoms with van der Waals surface area (Å²) in [6.07, 6.45) is 5.37. The first-order chi connectivity index (χ1) is 11.4. The number of hydrogen-bond acceptors (Lipinski definition) is 6. The molecule has 0 radical (unpaired) electrons. The number of benzene rings is 1. The van der Waals surface area contributed by atoms with E-state index in [1.165, 1.54) is 0 Å². The lowest BCUT2D eigenvalue weighted by Crippen LogP contribution is -1.89. The summed E-state index contributed by atoms with van der Waals surface area (Å²) in [5, 5.41) is 4.21. The van der Waals surface area contributed by atoms with E-state index in [2.05, 4.69) is 39.2 Å². The highest BCUT2D eigenvalue weighted by Gasteiger charge is 2.00. The number of pyridine rings is 2. The summed E-state index contributed by atoms with van der Waals surface area (Å²) in [6.45, 7) is 0. The van der Waals surface area contributed by atoms with Gasteiger partial charge in [0.2, 0.25) is 0 Å². The van der Waals surface area contributed by atoms with Gasteiger partial charge in [-0.1, -0.05) is 24.3 Å². The van der Waals surface area contributed by atoms with E-state index in [-0.39, 0.29) is 0 Å². The molecule has 4 aromatic rings. The van der Waals surface area contributed by atoms with Crippen LogP contribution >= 0.6 is 11.3 Å². The van der Waals surface area contributed by atoms with Gasteiger partial charge in [0.25, 0.3) is 0 Å². The van der Waals surface area contributed by atoms with E-state index in [0.29, 0.717) is 0 Å². The van der Waals surface area contributed by atoms with Crippen LogP contribution in [-0.2, 0) is 10.4 Å². The Labute approximate surface area is 142 Å². The lowest BCUT2D eigenvalue weighted by Gasteiger charge is -2.00. The Morgan fingerprint density at radius 1 is 0.833 bits per heavy atom. The van der Waals surface area contributed by atoms with Crippen molar-refractivity contribution in [3.63, 3.8) is 0 Å². The fourth-order valence-electron chi connectivity index (χ4n) is 1.86. The number of rotatable bonds is 0. The predicted octanol–water partition coefficient (Wildman–Crippen LogP) is 3.27. The van der Waals surface area contributed by atoms with E-state index in [0.717, 1.165) is 21.8 Å². The van der Waals surface area contributed by atoms with E-state index >= 15 is 0 Å². The van der Waals surface area contributed by atoms with Crippen molar-refractivity contribution < 1.29 is 17.5 Å². The van der Waals surface area contributed by atoms with E-state index in [1.807, 2.05) is 17.5 Å². The molecule has 124 valence electrons. The predicted molar refractivity (Wildman–Crippen MR) is 93.3 cm³/mol. The molecule has 0 atom stereocenters. The van der Waals surface area contributed by atoms with Crippen LogP contribution in [0.2, 0.25) is 0 Å². The average molecular weight is 363 g/mol. The monoisotopic (exact) mass is 363 g/mol. The summed E-state index contributed by atoms with van der Waals surface area (Å²) >= 11 is 1.60. The fraction of sp³-hybridized carbons (Fsp3) is 0. The Hall–Kier alpha value is -2.46. The van der Waals surface area contributed by atoms with Crippen LogP contribution in [0.25, 0.3) is 21.8 Å². The molecule has 7 nitrogen and oxygen atoms in total. The maximum absolute atomic E-state index is 8.74. The van der Waals surface area contributed by atoms with Crippen molar-refractivity contribution in [1.29, 1.82) is 0 Å². The van der Waals surface area contributed by atoms with E-state index in [9.17, 15) is 0 Å². The average Bonchev–Trinajstić information content (AvgIpc) is 3.13. The molecule has 3 heterocycles. The van der Waals surface area contributed by atoms with Gasteiger partial charge in [-0.05, 0) is 12.1 Å². The summed E-state index contributed by atoms with van der Waals surface area (Å²) in [7, 11) is -4.67. The molecule has 0 aliphatic carbocycles. The summed E-state index contributed by atoms with van der Waals surface area (Å²) < 4.78 is 31.6. The topological polar surface area (TPSA) is 113 Å². The molecule has 0 saturated carbocycles. The standard InChI is InChI=1S/C12H8N2.C3H3NS.H2O4S/c1-3-9-5-6-10-4-2-8-14-12(10)11(9)13-7-1;1-2-5-3-4-1;1-5(2,3)4/h1-8H;1-3H;(H2,1,2,3,4). The molecule has 0 saturated heterocycles. The molecule has 0 fully saturated rings. The van der Waals surface area contributed by atoms with Gasteiger partial charge >= 0.3 is 10.4 Å². The van der Waals surface area contributed by atoms with Crippen molar-refractivity contribution >= 4 is 43.5 Å². The Balaban J connectivity index is 0.000000173. The lowest BCUT2D eigenvalue weighted by molar-refractivity contribution is 0.381. The first-order valence-electron chi connectivity index (χ1n) is 6.55. The SMILES string of the molecule is O=S(=O)(O)O.c1cnc2c(c1)ccc1cccnc12.c1cscn1. The molecule has 2 N–H and O–H groups in total. The molecule has 0 unspecified atom stereocenters.